The van der Waals surface area contributed by atoms with Crippen LogP contribution in [0.2, 0.25) is 0 Å². The summed E-state index contributed by atoms with van der Waals surface area (Å²) in [4.78, 5) is 2.53. The Kier molecular flexibility index (Phi) is 3.88. The van der Waals surface area contributed by atoms with E-state index in [2.05, 4.69) is 24.1 Å². The van der Waals surface area contributed by atoms with Crippen molar-refractivity contribution < 1.29 is 5.11 Å². The molecule has 0 aromatic heterocycles. The Labute approximate surface area is 99.2 Å². The van der Waals surface area contributed by atoms with Gasteiger partial charge in [0.2, 0.25) is 0 Å². The van der Waals surface area contributed by atoms with E-state index in [9.17, 15) is 5.11 Å². The average molecular weight is 226 g/mol. The Morgan fingerprint density at radius 1 is 1.25 bits per heavy atom. The van der Waals surface area contributed by atoms with E-state index in [1.54, 1.807) is 0 Å². The van der Waals surface area contributed by atoms with E-state index in [0.717, 1.165) is 25.9 Å². The van der Waals surface area contributed by atoms with Crippen LogP contribution < -0.4 is 5.32 Å². The normalized spacial score (nSPS) is 34.9. The SMILES string of the molecule is CCN(CC)C1CCC(CO)(NC2CC2)C1. The van der Waals surface area contributed by atoms with Crippen LogP contribution in [0.5, 0.6) is 0 Å². The molecule has 94 valence electrons. The van der Waals surface area contributed by atoms with Crippen molar-refractivity contribution in [2.45, 2.75) is 63.6 Å². The lowest BCUT2D eigenvalue weighted by molar-refractivity contribution is 0.144. The van der Waals surface area contributed by atoms with Crippen LogP contribution in [0.1, 0.15) is 46.0 Å². The summed E-state index contributed by atoms with van der Waals surface area (Å²) in [7, 11) is 0. The van der Waals surface area contributed by atoms with E-state index >= 15 is 0 Å². The Bertz CT molecular complexity index is 226. The van der Waals surface area contributed by atoms with Crippen LogP contribution in [0, 0.1) is 0 Å². The zero-order valence-electron chi connectivity index (χ0n) is 10.7. The molecule has 0 radical (unpaired) electrons. The van der Waals surface area contributed by atoms with Crippen LogP contribution in [0.3, 0.4) is 0 Å². The lowest BCUT2D eigenvalue weighted by Gasteiger charge is -2.31. The molecule has 0 aromatic rings. The maximum atomic E-state index is 9.66. The van der Waals surface area contributed by atoms with Gasteiger partial charge in [0.1, 0.15) is 0 Å². The van der Waals surface area contributed by atoms with Crippen molar-refractivity contribution in [2.75, 3.05) is 19.7 Å². The molecule has 0 spiro atoms. The van der Waals surface area contributed by atoms with Gasteiger partial charge in [-0.25, -0.2) is 0 Å². The van der Waals surface area contributed by atoms with E-state index in [-0.39, 0.29) is 5.54 Å². The molecular weight excluding hydrogens is 200 g/mol. The summed E-state index contributed by atoms with van der Waals surface area (Å²) < 4.78 is 0. The van der Waals surface area contributed by atoms with Crippen molar-refractivity contribution >= 4 is 0 Å². The highest BCUT2D eigenvalue weighted by Crippen LogP contribution is 2.35. The van der Waals surface area contributed by atoms with E-state index < -0.39 is 0 Å². The first kappa shape index (κ1) is 12.3. The van der Waals surface area contributed by atoms with Crippen molar-refractivity contribution in [3.05, 3.63) is 0 Å². The average Bonchev–Trinajstić information content (AvgIpc) is 3.01. The Morgan fingerprint density at radius 2 is 1.94 bits per heavy atom. The summed E-state index contributed by atoms with van der Waals surface area (Å²) in [5.74, 6) is 0. The van der Waals surface area contributed by atoms with Gasteiger partial charge in [-0.05, 0) is 45.2 Å². The molecule has 2 rings (SSSR count). The smallest absolute Gasteiger partial charge is 0.0614 e. The van der Waals surface area contributed by atoms with Gasteiger partial charge < -0.3 is 15.3 Å². The van der Waals surface area contributed by atoms with Gasteiger partial charge in [0.15, 0.2) is 0 Å². The van der Waals surface area contributed by atoms with E-state index in [4.69, 9.17) is 0 Å². The molecule has 0 aromatic carbocycles. The molecule has 2 N–H and O–H groups in total. The zero-order chi connectivity index (χ0) is 11.6. The predicted molar refractivity (Wildman–Crippen MR) is 66.5 cm³/mol. The molecule has 2 aliphatic carbocycles. The molecule has 2 fully saturated rings. The van der Waals surface area contributed by atoms with Crippen LogP contribution in [-0.2, 0) is 0 Å². The van der Waals surface area contributed by atoms with E-state index in [1.165, 1.54) is 19.3 Å². The molecule has 0 aliphatic heterocycles. The summed E-state index contributed by atoms with van der Waals surface area (Å²) in [6.45, 7) is 7.03. The molecule has 16 heavy (non-hydrogen) atoms. The van der Waals surface area contributed by atoms with Crippen molar-refractivity contribution in [2.24, 2.45) is 0 Å². The first-order chi connectivity index (χ1) is 7.73. The molecule has 3 heteroatoms. The van der Waals surface area contributed by atoms with Crippen LogP contribution >= 0.6 is 0 Å². The molecule has 0 saturated heterocycles. The first-order valence-corrected chi connectivity index (χ1v) is 6.85. The fraction of sp³-hybridized carbons (Fsp3) is 1.00. The molecule has 2 atom stereocenters. The number of hydrogen-bond donors (Lipinski definition) is 2. The van der Waals surface area contributed by atoms with Crippen LogP contribution in [0.15, 0.2) is 0 Å². The van der Waals surface area contributed by atoms with Gasteiger partial charge in [-0.1, -0.05) is 13.8 Å². The molecule has 2 aliphatic rings. The molecule has 0 heterocycles. The molecule has 2 saturated carbocycles. The molecular formula is C13H26N2O. The van der Waals surface area contributed by atoms with Crippen molar-refractivity contribution in [3.63, 3.8) is 0 Å². The summed E-state index contributed by atoms with van der Waals surface area (Å²) in [6, 6.07) is 1.37. The number of aliphatic hydroxyl groups excluding tert-OH is 1. The molecule has 0 amide bonds. The zero-order valence-corrected chi connectivity index (χ0v) is 10.7. The number of nitrogens with zero attached hydrogens (tertiary/aromatic N) is 1. The maximum Gasteiger partial charge on any atom is 0.0614 e. The fourth-order valence-corrected chi connectivity index (χ4v) is 3.13. The van der Waals surface area contributed by atoms with Crippen LogP contribution in [-0.4, -0.2) is 47.3 Å². The summed E-state index contributed by atoms with van der Waals surface area (Å²) in [6.07, 6.45) is 6.11. The highest BCUT2D eigenvalue weighted by Gasteiger charge is 2.43. The fourth-order valence-electron chi connectivity index (χ4n) is 3.13. The third kappa shape index (κ3) is 2.58. The van der Waals surface area contributed by atoms with Crippen molar-refractivity contribution in [1.29, 1.82) is 0 Å². The highest BCUT2D eigenvalue weighted by molar-refractivity contribution is 5.02. The number of aliphatic hydroxyl groups is 1. The van der Waals surface area contributed by atoms with Gasteiger partial charge in [-0.3, -0.25) is 0 Å². The van der Waals surface area contributed by atoms with E-state index in [1.807, 2.05) is 0 Å². The Morgan fingerprint density at radius 3 is 2.44 bits per heavy atom. The van der Waals surface area contributed by atoms with Gasteiger partial charge in [0.05, 0.1) is 6.61 Å². The van der Waals surface area contributed by atoms with Crippen LogP contribution in [0.4, 0.5) is 0 Å². The summed E-state index contributed by atoms with van der Waals surface area (Å²) in [5, 5.41) is 13.3. The summed E-state index contributed by atoms with van der Waals surface area (Å²) in [5.41, 5.74) is 0.0361. The topological polar surface area (TPSA) is 35.5 Å². The quantitative estimate of drug-likeness (QED) is 0.718. The third-order valence-corrected chi connectivity index (χ3v) is 4.30. The van der Waals surface area contributed by atoms with Gasteiger partial charge >= 0.3 is 0 Å². The van der Waals surface area contributed by atoms with Gasteiger partial charge in [0.25, 0.3) is 0 Å². The minimum Gasteiger partial charge on any atom is -0.394 e. The minimum absolute atomic E-state index is 0.0361. The van der Waals surface area contributed by atoms with Gasteiger partial charge in [-0.2, -0.15) is 0 Å². The predicted octanol–water partition coefficient (Wildman–Crippen LogP) is 1.36. The minimum atomic E-state index is 0.0361. The monoisotopic (exact) mass is 226 g/mol. The number of hydrogen-bond acceptors (Lipinski definition) is 3. The molecule has 2 unspecified atom stereocenters. The lowest BCUT2D eigenvalue weighted by atomic mass is 9.98. The number of nitrogens with one attached hydrogen (secondary N) is 1. The highest BCUT2D eigenvalue weighted by atomic mass is 16.3. The maximum absolute atomic E-state index is 9.66. The molecule has 3 nitrogen and oxygen atoms in total. The van der Waals surface area contributed by atoms with E-state index in [0.29, 0.717) is 18.7 Å². The first-order valence-electron chi connectivity index (χ1n) is 6.85. The van der Waals surface area contributed by atoms with Gasteiger partial charge in [-0.15, -0.1) is 0 Å². The molecule has 0 bridgehead atoms. The Hall–Kier alpha value is -0.120. The second-order valence-corrected chi connectivity index (χ2v) is 5.47. The summed E-state index contributed by atoms with van der Waals surface area (Å²) >= 11 is 0. The van der Waals surface area contributed by atoms with Crippen molar-refractivity contribution in [3.8, 4) is 0 Å². The van der Waals surface area contributed by atoms with Crippen molar-refractivity contribution in [1.82, 2.24) is 10.2 Å². The lowest BCUT2D eigenvalue weighted by Crippen LogP contribution is -2.49. The second-order valence-electron chi connectivity index (χ2n) is 5.47. The third-order valence-electron chi connectivity index (χ3n) is 4.30. The van der Waals surface area contributed by atoms with Gasteiger partial charge in [0, 0.05) is 17.6 Å². The van der Waals surface area contributed by atoms with Crippen LogP contribution in [0.25, 0.3) is 0 Å². The number of rotatable bonds is 6. The Balaban J connectivity index is 1.92. The standard InChI is InChI=1S/C13H26N2O/c1-3-15(4-2)12-7-8-13(9-12,10-16)14-11-5-6-11/h11-12,14,16H,3-10H2,1-2H3. The second kappa shape index (κ2) is 5.03. The largest absolute Gasteiger partial charge is 0.394 e.